The van der Waals surface area contributed by atoms with Gasteiger partial charge in [-0.2, -0.15) is 0 Å². The lowest BCUT2D eigenvalue weighted by atomic mass is 9.65. The Morgan fingerprint density at radius 3 is 2.56 bits per heavy atom. The Balaban J connectivity index is 1.85. The number of hydrogen-bond donors (Lipinski definition) is 1. The van der Waals surface area contributed by atoms with Gasteiger partial charge in [0, 0.05) is 6.04 Å². The van der Waals surface area contributed by atoms with E-state index in [9.17, 15) is 0 Å². The Labute approximate surface area is 113 Å². The minimum Gasteiger partial charge on any atom is -0.314 e. The fourth-order valence-electron chi connectivity index (χ4n) is 3.43. The van der Waals surface area contributed by atoms with Crippen molar-refractivity contribution < 1.29 is 0 Å². The highest BCUT2D eigenvalue weighted by molar-refractivity contribution is 4.93. The molecule has 0 aromatic carbocycles. The van der Waals surface area contributed by atoms with Crippen LogP contribution in [0.1, 0.15) is 65.7 Å². The van der Waals surface area contributed by atoms with Crippen molar-refractivity contribution in [2.24, 2.45) is 17.3 Å². The Morgan fingerprint density at radius 1 is 1.22 bits per heavy atom. The predicted octanol–water partition coefficient (Wildman–Crippen LogP) is 4.54. The molecule has 18 heavy (non-hydrogen) atoms. The molecule has 0 radical (unpaired) electrons. The molecule has 104 valence electrons. The third kappa shape index (κ3) is 4.42. The van der Waals surface area contributed by atoms with Gasteiger partial charge in [-0.05, 0) is 75.7 Å². The SMILES string of the molecule is C=C(C)CCC1CC(C)(C)CCC1CNC1CC1. The molecule has 0 aromatic heterocycles. The summed E-state index contributed by atoms with van der Waals surface area (Å²) in [5.74, 6) is 1.83. The van der Waals surface area contributed by atoms with Gasteiger partial charge in [0.2, 0.25) is 0 Å². The summed E-state index contributed by atoms with van der Waals surface area (Å²) in [7, 11) is 0. The quantitative estimate of drug-likeness (QED) is 0.682. The topological polar surface area (TPSA) is 12.0 Å². The van der Waals surface area contributed by atoms with E-state index in [2.05, 4.69) is 32.7 Å². The van der Waals surface area contributed by atoms with Crippen LogP contribution in [0.15, 0.2) is 12.2 Å². The Morgan fingerprint density at radius 2 is 1.94 bits per heavy atom. The normalized spacial score (nSPS) is 31.3. The van der Waals surface area contributed by atoms with Crippen molar-refractivity contribution in [2.45, 2.75) is 71.8 Å². The first-order chi connectivity index (χ1) is 8.46. The number of nitrogens with one attached hydrogen (secondary N) is 1. The van der Waals surface area contributed by atoms with Gasteiger partial charge >= 0.3 is 0 Å². The van der Waals surface area contributed by atoms with E-state index in [4.69, 9.17) is 0 Å². The van der Waals surface area contributed by atoms with E-state index < -0.39 is 0 Å². The largest absolute Gasteiger partial charge is 0.314 e. The molecular weight excluding hydrogens is 218 g/mol. The molecule has 0 amide bonds. The van der Waals surface area contributed by atoms with Gasteiger partial charge in [-0.15, -0.1) is 6.58 Å². The van der Waals surface area contributed by atoms with Crippen molar-refractivity contribution in [3.05, 3.63) is 12.2 Å². The summed E-state index contributed by atoms with van der Waals surface area (Å²) in [5.41, 5.74) is 1.92. The lowest BCUT2D eigenvalue weighted by molar-refractivity contribution is 0.110. The van der Waals surface area contributed by atoms with Crippen LogP contribution in [0.25, 0.3) is 0 Å². The Bertz CT molecular complexity index is 286. The van der Waals surface area contributed by atoms with Crippen molar-refractivity contribution in [3.63, 3.8) is 0 Å². The van der Waals surface area contributed by atoms with E-state index in [0.29, 0.717) is 5.41 Å². The minimum absolute atomic E-state index is 0.565. The first kappa shape index (κ1) is 14.1. The molecule has 1 heteroatoms. The van der Waals surface area contributed by atoms with Gasteiger partial charge in [-0.1, -0.05) is 19.4 Å². The van der Waals surface area contributed by atoms with Gasteiger partial charge in [0.15, 0.2) is 0 Å². The van der Waals surface area contributed by atoms with Crippen molar-refractivity contribution in [3.8, 4) is 0 Å². The zero-order valence-corrected chi connectivity index (χ0v) is 12.6. The van der Waals surface area contributed by atoms with Gasteiger partial charge < -0.3 is 5.32 Å². The molecule has 0 aliphatic heterocycles. The standard InChI is InChI=1S/C17H31N/c1-13(2)5-6-14-11-17(3,4)10-9-15(14)12-18-16-7-8-16/h14-16,18H,1,5-12H2,2-4H3. The molecular formula is C17H31N. The lowest BCUT2D eigenvalue weighted by Gasteiger charge is -2.41. The molecule has 0 bridgehead atoms. The average Bonchev–Trinajstić information content (AvgIpc) is 3.08. The van der Waals surface area contributed by atoms with Gasteiger partial charge in [0.1, 0.15) is 0 Å². The van der Waals surface area contributed by atoms with Gasteiger partial charge in [0.25, 0.3) is 0 Å². The van der Waals surface area contributed by atoms with Crippen LogP contribution in [0.2, 0.25) is 0 Å². The van der Waals surface area contributed by atoms with Gasteiger partial charge in [0.05, 0.1) is 0 Å². The minimum atomic E-state index is 0.565. The molecule has 2 aliphatic rings. The predicted molar refractivity (Wildman–Crippen MR) is 79.7 cm³/mol. The van der Waals surface area contributed by atoms with Crippen molar-refractivity contribution in [2.75, 3.05) is 6.54 Å². The highest BCUT2D eigenvalue weighted by atomic mass is 14.9. The van der Waals surface area contributed by atoms with Crippen molar-refractivity contribution in [1.29, 1.82) is 0 Å². The fraction of sp³-hybridized carbons (Fsp3) is 0.882. The molecule has 1 nitrogen and oxygen atoms in total. The summed E-state index contributed by atoms with van der Waals surface area (Å²) in [6.45, 7) is 12.4. The van der Waals surface area contributed by atoms with Crippen molar-refractivity contribution in [1.82, 2.24) is 5.32 Å². The number of rotatable bonds is 6. The maximum Gasteiger partial charge on any atom is 0.00683 e. The average molecular weight is 249 g/mol. The van der Waals surface area contributed by atoms with Crippen LogP contribution in [-0.2, 0) is 0 Å². The summed E-state index contributed by atoms with van der Waals surface area (Å²) in [5, 5.41) is 3.75. The molecule has 0 saturated heterocycles. The van der Waals surface area contributed by atoms with Crippen LogP contribution >= 0.6 is 0 Å². The highest BCUT2D eigenvalue weighted by Crippen LogP contribution is 2.44. The molecule has 1 N–H and O–H groups in total. The zero-order valence-electron chi connectivity index (χ0n) is 12.6. The van der Waals surface area contributed by atoms with Crippen LogP contribution in [0.3, 0.4) is 0 Å². The Kier molecular flexibility index (Phi) is 4.53. The number of allylic oxidation sites excluding steroid dienone is 1. The second-order valence-electron chi connectivity index (χ2n) is 7.61. The molecule has 2 atom stereocenters. The van der Waals surface area contributed by atoms with E-state index in [-0.39, 0.29) is 0 Å². The van der Waals surface area contributed by atoms with Gasteiger partial charge in [-0.25, -0.2) is 0 Å². The van der Waals surface area contributed by atoms with E-state index in [1.54, 1.807) is 0 Å². The summed E-state index contributed by atoms with van der Waals surface area (Å²) >= 11 is 0. The third-order valence-corrected chi connectivity index (χ3v) is 4.86. The summed E-state index contributed by atoms with van der Waals surface area (Å²) < 4.78 is 0. The first-order valence-corrected chi connectivity index (χ1v) is 7.84. The van der Waals surface area contributed by atoms with E-state index in [0.717, 1.165) is 17.9 Å². The summed E-state index contributed by atoms with van der Waals surface area (Å²) in [4.78, 5) is 0. The van der Waals surface area contributed by atoms with E-state index >= 15 is 0 Å². The molecule has 0 heterocycles. The third-order valence-electron chi connectivity index (χ3n) is 4.86. The first-order valence-electron chi connectivity index (χ1n) is 7.84. The van der Waals surface area contributed by atoms with Gasteiger partial charge in [-0.3, -0.25) is 0 Å². The molecule has 2 aliphatic carbocycles. The van der Waals surface area contributed by atoms with Crippen LogP contribution < -0.4 is 5.32 Å². The van der Waals surface area contributed by atoms with Crippen LogP contribution in [-0.4, -0.2) is 12.6 Å². The Hall–Kier alpha value is -0.300. The van der Waals surface area contributed by atoms with E-state index in [1.807, 2.05) is 0 Å². The summed E-state index contributed by atoms with van der Waals surface area (Å²) in [6, 6.07) is 0.863. The maximum absolute atomic E-state index is 4.07. The second kappa shape index (κ2) is 5.77. The second-order valence-corrected chi connectivity index (χ2v) is 7.61. The van der Waals surface area contributed by atoms with Crippen LogP contribution in [0.5, 0.6) is 0 Å². The zero-order chi connectivity index (χ0) is 13.2. The van der Waals surface area contributed by atoms with E-state index in [1.165, 1.54) is 57.1 Å². The molecule has 2 saturated carbocycles. The summed E-state index contributed by atoms with van der Waals surface area (Å²) in [6.07, 6.45) is 9.65. The molecule has 2 unspecified atom stereocenters. The molecule has 2 fully saturated rings. The number of hydrogen-bond acceptors (Lipinski definition) is 1. The van der Waals surface area contributed by atoms with Crippen LogP contribution in [0.4, 0.5) is 0 Å². The maximum atomic E-state index is 4.07. The molecule has 0 aromatic rings. The lowest BCUT2D eigenvalue weighted by Crippen LogP contribution is -2.36. The molecule has 2 rings (SSSR count). The van der Waals surface area contributed by atoms with Crippen LogP contribution in [0, 0.1) is 17.3 Å². The monoisotopic (exact) mass is 249 g/mol. The highest BCUT2D eigenvalue weighted by Gasteiger charge is 2.35. The van der Waals surface area contributed by atoms with Crippen molar-refractivity contribution >= 4 is 0 Å². The smallest absolute Gasteiger partial charge is 0.00683 e. The molecule has 0 spiro atoms. The fourth-order valence-corrected chi connectivity index (χ4v) is 3.43.